The lowest BCUT2D eigenvalue weighted by Crippen LogP contribution is -2.31. The third kappa shape index (κ3) is 5.31. The quantitative estimate of drug-likeness (QED) is 0.618. The van der Waals surface area contributed by atoms with Crippen LogP contribution in [0.1, 0.15) is 12.0 Å². The highest BCUT2D eigenvalue weighted by atomic mass is 16.5. The molecule has 2 heterocycles. The number of ether oxygens (including phenoxy) is 1. The summed E-state index contributed by atoms with van der Waals surface area (Å²) in [7, 11) is 0. The summed E-state index contributed by atoms with van der Waals surface area (Å²) in [6.45, 7) is 2.74. The third-order valence-corrected chi connectivity index (χ3v) is 3.87. The summed E-state index contributed by atoms with van der Waals surface area (Å²) < 4.78 is 12.1. The number of nitrogens with zero attached hydrogens (tertiary/aromatic N) is 2. The first-order valence-electron chi connectivity index (χ1n) is 8.70. The van der Waals surface area contributed by atoms with Gasteiger partial charge in [0, 0.05) is 19.2 Å². The van der Waals surface area contributed by atoms with Crippen LogP contribution in [-0.2, 0) is 11.3 Å². The Morgan fingerprint density at radius 2 is 2.11 bits per heavy atom. The first-order chi connectivity index (χ1) is 13.1. The Morgan fingerprint density at radius 1 is 1.22 bits per heavy atom. The molecule has 1 N–H and O–H groups in total. The standard InChI is InChI=1S/C20H21N3O4/c1-15-5-2-6-16(13-15)27-14-19(24)21-10-4-11-23-20(25)9-8-17(22-23)18-7-3-12-26-18/h2-3,5-9,12-13H,4,10-11,14H2,1H3,(H,21,24). The van der Waals surface area contributed by atoms with Crippen molar-refractivity contribution >= 4 is 5.91 Å². The highest BCUT2D eigenvalue weighted by Gasteiger charge is 2.06. The zero-order valence-corrected chi connectivity index (χ0v) is 15.1. The van der Waals surface area contributed by atoms with Gasteiger partial charge in [-0.2, -0.15) is 5.10 Å². The normalized spacial score (nSPS) is 10.6. The highest BCUT2D eigenvalue weighted by Crippen LogP contribution is 2.15. The van der Waals surface area contributed by atoms with Crippen LogP contribution in [0.3, 0.4) is 0 Å². The van der Waals surface area contributed by atoms with E-state index in [2.05, 4.69) is 10.4 Å². The molecule has 2 aromatic heterocycles. The van der Waals surface area contributed by atoms with E-state index in [4.69, 9.17) is 9.15 Å². The Hall–Kier alpha value is -3.35. The van der Waals surface area contributed by atoms with E-state index in [0.29, 0.717) is 36.7 Å². The maximum absolute atomic E-state index is 11.9. The van der Waals surface area contributed by atoms with Crippen LogP contribution < -0.4 is 15.6 Å². The fraction of sp³-hybridized carbons (Fsp3) is 0.250. The van der Waals surface area contributed by atoms with Gasteiger partial charge >= 0.3 is 0 Å². The van der Waals surface area contributed by atoms with Crippen LogP contribution >= 0.6 is 0 Å². The molecule has 0 radical (unpaired) electrons. The molecule has 3 aromatic rings. The van der Waals surface area contributed by atoms with Gasteiger partial charge in [0.2, 0.25) is 0 Å². The number of hydrogen-bond donors (Lipinski definition) is 1. The van der Waals surface area contributed by atoms with Crippen molar-refractivity contribution in [2.75, 3.05) is 13.2 Å². The second-order valence-electron chi connectivity index (χ2n) is 6.07. The Kier molecular flexibility index (Phi) is 6.04. The SMILES string of the molecule is Cc1cccc(OCC(=O)NCCCn2nc(-c3ccco3)ccc2=O)c1. The lowest BCUT2D eigenvalue weighted by molar-refractivity contribution is -0.123. The Labute approximate surface area is 156 Å². The van der Waals surface area contributed by atoms with Crippen molar-refractivity contribution in [3.63, 3.8) is 0 Å². The molecule has 0 bridgehead atoms. The fourth-order valence-corrected chi connectivity index (χ4v) is 2.53. The fourth-order valence-electron chi connectivity index (χ4n) is 2.53. The van der Waals surface area contributed by atoms with E-state index in [0.717, 1.165) is 5.56 Å². The molecule has 27 heavy (non-hydrogen) atoms. The number of hydrogen-bond acceptors (Lipinski definition) is 5. The third-order valence-electron chi connectivity index (χ3n) is 3.87. The zero-order chi connectivity index (χ0) is 19.1. The van der Waals surface area contributed by atoms with Crippen LogP contribution in [0.25, 0.3) is 11.5 Å². The van der Waals surface area contributed by atoms with Crippen molar-refractivity contribution in [3.8, 4) is 17.2 Å². The average Bonchev–Trinajstić information content (AvgIpc) is 3.20. The molecular weight excluding hydrogens is 346 g/mol. The zero-order valence-electron chi connectivity index (χ0n) is 15.1. The van der Waals surface area contributed by atoms with Crippen molar-refractivity contribution < 1.29 is 13.9 Å². The van der Waals surface area contributed by atoms with E-state index in [9.17, 15) is 9.59 Å². The lowest BCUT2D eigenvalue weighted by atomic mass is 10.2. The van der Waals surface area contributed by atoms with Gasteiger partial charge in [0.25, 0.3) is 11.5 Å². The number of carbonyl (C=O) groups is 1. The van der Waals surface area contributed by atoms with Crippen molar-refractivity contribution in [2.24, 2.45) is 0 Å². The van der Waals surface area contributed by atoms with Gasteiger partial charge in [0.15, 0.2) is 12.4 Å². The molecule has 0 fully saturated rings. The first kappa shape index (κ1) is 18.4. The van der Waals surface area contributed by atoms with Crippen LogP contribution in [-0.4, -0.2) is 28.8 Å². The molecule has 140 valence electrons. The van der Waals surface area contributed by atoms with Gasteiger partial charge in [-0.25, -0.2) is 4.68 Å². The number of nitrogens with one attached hydrogen (secondary N) is 1. The maximum Gasteiger partial charge on any atom is 0.266 e. The van der Waals surface area contributed by atoms with Crippen LogP contribution in [0, 0.1) is 6.92 Å². The summed E-state index contributed by atoms with van der Waals surface area (Å²) in [5.74, 6) is 1.06. The maximum atomic E-state index is 11.9. The Balaban J connectivity index is 1.44. The van der Waals surface area contributed by atoms with E-state index in [-0.39, 0.29) is 18.1 Å². The Bertz CT molecular complexity index is 948. The van der Waals surface area contributed by atoms with Gasteiger partial charge in [-0.05, 0) is 49.2 Å². The molecule has 0 unspecified atom stereocenters. The summed E-state index contributed by atoms with van der Waals surface area (Å²) >= 11 is 0. The average molecular weight is 367 g/mol. The summed E-state index contributed by atoms with van der Waals surface area (Å²) in [5.41, 5.74) is 1.47. The van der Waals surface area contributed by atoms with Crippen molar-refractivity contribution in [1.82, 2.24) is 15.1 Å². The predicted octanol–water partition coefficient (Wildman–Crippen LogP) is 2.40. The van der Waals surface area contributed by atoms with Gasteiger partial charge < -0.3 is 14.5 Å². The minimum Gasteiger partial charge on any atom is -0.484 e. The number of rotatable bonds is 8. The minimum atomic E-state index is -0.207. The van der Waals surface area contributed by atoms with Gasteiger partial charge in [-0.3, -0.25) is 9.59 Å². The van der Waals surface area contributed by atoms with Gasteiger partial charge in [0.1, 0.15) is 11.4 Å². The molecule has 0 aliphatic carbocycles. The monoisotopic (exact) mass is 367 g/mol. The number of amides is 1. The predicted molar refractivity (Wildman–Crippen MR) is 100 cm³/mol. The molecule has 1 amide bonds. The van der Waals surface area contributed by atoms with Crippen molar-refractivity contribution in [1.29, 1.82) is 0 Å². The van der Waals surface area contributed by atoms with Crippen LogP contribution in [0.15, 0.2) is 64.0 Å². The van der Waals surface area contributed by atoms with E-state index in [1.54, 1.807) is 24.5 Å². The minimum absolute atomic E-state index is 0.0460. The summed E-state index contributed by atoms with van der Waals surface area (Å²) in [5, 5.41) is 7.06. The number of aryl methyl sites for hydroxylation is 2. The van der Waals surface area contributed by atoms with E-state index >= 15 is 0 Å². The van der Waals surface area contributed by atoms with E-state index < -0.39 is 0 Å². The molecule has 1 aromatic carbocycles. The lowest BCUT2D eigenvalue weighted by Gasteiger charge is -2.09. The topological polar surface area (TPSA) is 86.4 Å². The molecule has 0 spiro atoms. The second-order valence-corrected chi connectivity index (χ2v) is 6.07. The van der Waals surface area contributed by atoms with Crippen LogP contribution in [0.5, 0.6) is 5.75 Å². The van der Waals surface area contributed by atoms with Gasteiger partial charge in [-0.15, -0.1) is 0 Å². The van der Waals surface area contributed by atoms with Gasteiger partial charge in [0.05, 0.1) is 6.26 Å². The molecular formula is C20H21N3O4. The van der Waals surface area contributed by atoms with E-state index in [1.165, 1.54) is 10.7 Å². The molecule has 0 saturated carbocycles. The molecule has 0 aliphatic rings. The molecule has 3 rings (SSSR count). The molecule has 7 heteroatoms. The first-order valence-corrected chi connectivity index (χ1v) is 8.70. The smallest absolute Gasteiger partial charge is 0.266 e. The van der Waals surface area contributed by atoms with Crippen LogP contribution in [0.2, 0.25) is 0 Å². The van der Waals surface area contributed by atoms with Crippen molar-refractivity contribution in [2.45, 2.75) is 19.9 Å². The number of carbonyl (C=O) groups excluding carboxylic acids is 1. The summed E-state index contributed by atoms with van der Waals surface area (Å²) in [6.07, 6.45) is 2.13. The Morgan fingerprint density at radius 3 is 2.89 bits per heavy atom. The van der Waals surface area contributed by atoms with E-state index in [1.807, 2.05) is 31.2 Å². The molecule has 7 nitrogen and oxygen atoms in total. The highest BCUT2D eigenvalue weighted by molar-refractivity contribution is 5.77. The summed E-state index contributed by atoms with van der Waals surface area (Å²) in [6, 6.07) is 14.2. The number of aromatic nitrogens is 2. The number of benzene rings is 1. The van der Waals surface area contributed by atoms with Gasteiger partial charge in [-0.1, -0.05) is 12.1 Å². The molecule has 0 aliphatic heterocycles. The molecule has 0 saturated heterocycles. The largest absolute Gasteiger partial charge is 0.484 e. The second kappa shape index (κ2) is 8.84. The summed E-state index contributed by atoms with van der Waals surface area (Å²) in [4.78, 5) is 23.8. The van der Waals surface area contributed by atoms with Crippen LogP contribution in [0.4, 0.5) is 0 Å². The number of furan rings is 1. The van der Waals surface area contributed by atoms with Crippen molar-refractivity contribution in [3.05, 3.63) is 70.7 Å². The molecule has 0 atom stereocenters.